The highest BCUT2D eigenvalue weighted by molar-refractivity contribution is 7.14. The fourth-order valence-electron chi connectivity index (χ4n) is 1.38. The molecule has 0 aliphatic heterocycles. The van der Waals surface area contributed by atoms with Crippen molar-refractivity contribution < 1.29 is 9.90 Å². The van der Waals surface area contributed by atoms with Crippen molar-refractivity contribution in [2.24, 2.45) is 0 Å². The molecule has 0 radical (unpaired) electrons. The van der Waals surface area contributed by atoms with Crippen molar-refractivity contribution in [1.29, 1.82) is 0 Å². The molecule has 0 fully saturated rings. The number of benzene rings is 1. The second kappa shape index (κ2) is 4.55. The van der Waals surface area contributed by atoms with Gasteiger partial charge in [0.15, 0.2) is 0 Å². The fourth-order valence-corrected chi connectivity index (χ4v) is 2.42. The van der Waals surface area contributed by atoms with Crippen molar-refractivity contribution in [3.63, 3.8) is 0 Å². The van der Waals surface area contributed by atoms with E-state index in [1.807, 2.05) is 17.5 Å². The van der Waals surface area contributed by atoms with Crippen LogP contribution in [0.25, 0.3) is 10.4 Å². The summed E-state index contributed by atoms with van der Waals surface area (Å²) in [6, 6.07) is 9.05. The van der Waals surface area contributed by atoms with Gasteiger partial charge in [0.2, 0.25) is 0 Å². The van der Waals surface area contributed by atoms with E-state index in [0.29, 0.717) is 10.7 Å². The van der Waals surface area contributed by atoms with Crippen molar-refractivity contribution in [3.05, 3.63) is 40.7 Å². The first kappa shape index (κ1) is 11.0. The lowest BCUT2D eigenvalue weighted by Gasteiger charge is -2.03. The summed E-state index contributed by atoms with van der Waals surface area (Å²) < 4.78 is 0. The van der Waals surface area contributed by atoms with Gasteiger partial charge in [-0.05, 0) is 29.1 Å². The Bertz CT molecular complexity index is 524. The summed E-state index contributed by atoms with van der Waals surface area (Å²) in [5.74, 6) is 0. The highest BCUT2D eigenvalue weighted by Gasteiger charge is 2.09. The van der Waals surface area contributed by atoms with Crippen molar-refractivity contribution >= 4 is 34.7 Å². The quantitative estimate of drug-likeness (QED) is 0.844. The summed E-state index contributed by atoms with van der Waals surface area (Å²) in [7, 11) is 0. The molecule has 1 heterocycles. The van der Waals surface area contributed by atoms with Gasteiger partial charge in [-0.15, -0.1) is 11.3 Å². The molecule has 2 N–H and O–H groups in total. The van der Waals surface area contributed by atoms with Crippen LogP contribution in [0.3, 0.4) is 0 Å². The maximum Gasteiger partial charge on any atom is 0.409 e. The Balaban J connectivity index is 2.40. The molecule has 0 atom stereocenters. The van der Waals surface area contributed by atoms with Gasteiger partial charge < -0.3 is 5.11 Å². The minimum absolute atomic E-state index is 0.583. The van der Waals surface area contributed by atoms with Gasteiger partial charge in [0, 0.05) is 5.02 Å². The summed E-state index contributed by atoms with van der Waals surface area (Å²) in [5.41, 5.74) is 1.49. The molecule has 1 aromatic heterocycles. The lowest BCUT2D eigenvalue weighted by atomic mass is 10.2. The van der Waals surface area contributed by atoms with E-state index >= 15 is 0 Å². The van der Waals surface area contributed by atoms with Crippen molar-refractivity contribution in [3.8, 4) is 10.4 Å². The van der Waals surface area contributed by atoms with E-state index in [0.717, 1.165) is 10.4 Å². The van der Waals surface area contributed by atoms with Crippen LogP contribution in [0.15, 0.2) is 35.7 Å². The molecule has 3 nitrogen and oxygen atoms in total. The van der Waals surface area contributed by atoms with Crippen LogP contribution in [0.4, 0.5) is 10.5 Å². The number of thiophene rings is 1. The number of carboxylic acid groups (broad SMARTS) is 1. The van der Waals surface area contributed by atoms with Crippen molar-refractivity contribution in [2.75, 3.05) is 5.32 Å². The van der Waals surface area contributed by atoms with Crippen LogP contribution >= 0.6 is 22.9 Å². The van der Waals surface area contributed by atoms with Gasteiger partial charge in [-0.2, -0.15) is 0 Å². The first-order chi connectivity index (χ1) is 7.66. The maximum atomic E-state index is 10.6. The normalized spacial score (nSPS) is 10.1. The second-order valence-corrected chi connectivity index (χ2v) is 4.46. The molecule has 0 bridgehead atoms. The van der Waals surface area contributed by atoms with E-state index in [9.17, 15) is 4.79 Å². The van der Waals surface area contributed by atoms with Gasteiger partial charge in [-0.3, -0.25) is 5.32 Å². The summed E-state index contributed by atoms with van der Waals surface area (Å²) >= 11 is 7.36. The number of carbonyl (C=O) groups is 1. The number of halogens is 1. The van der Waals surface area contributed by atoms with Crippen molar-refractivity contribution in [2.45, 2.75) is 0 Å². The van der Waals surface area contributed by atoms with Crippen LogP contribution in [-0.2, 0) is 0 Å². The number of hydrogen-bond donors (Lipinski definition) is 2. The Labute approximate surface area is 101 Å². The van der Waals surface area contributed by atoms with Gasteiger partial charge in [-0.25, -0.2) is 4.79 Å². The Morgan fingerprint density at radius 3 is 2.88 bits per heavy atom. The fraction of sp³-hybridized carbons (Fsp3) is 0. The van der Waals surface area contributed by atoms with Crippen LogP contribution in [0, 0.1) is 0 Å². The Morgan fingerprint density at radius 1 is 1.38 bits per heavy atom. The summed E-state index contributed by atoms with van der Waals surface area (Å²) in [6.45, 7) is 0. The second-order valence-electron chi connectivity index (χ2n) is 3.10. The molecular formula is C11H8ClNO2S. The predicted octanol–water partition coefficient (Wildman–Crippen LogP) is 4.16. The lowest BCUT2D eigenvalue weighted by molar-refractivity contribution is 0.210. The van der Waals surface area contributed by atoms with Crippen LogP contribution in [0.5, 0.6) is 0 Å². The molecule has 1 amide bonds. The molecule has 2 rings (SSSR count). The number of nitrogens with one attached hydrogen (secondary N) is 1. The molecule has 82 valence electrons. The van der Waals surface area contributed by atoms with Crippen LogP contribution in [0.2, 0.25) is 5.02 Å². The number of hydrogen-bond acceptors (Lipinski definition) is 2. The molecule has 0 unspecified atom stereocenters. The van der Waals surface area contributed by atoms with Crippen LogP contribution in [-0.4, -0.2) is 11.2 Å². The van der Waals surface area contributed by atoms with Gasteiger partial charge >= 0.3 is 6.09 Å². The zero-order valence-corrected chi connectivity index (χ0v) is 9.68. The number of anilines is 1. The molecule has 0 spiro atoms. The number of rotatable bonds is 2. The van der Waals surface area contributed by atoms with E-state index in [-0.39, 0.29) is 0 Å². The standard InChI is InChI=1S/C11H8ClNO2S/c12-8-3-1-2-7(6-8)10-9(4-5-16-10)13-11(14)15/h1-6,13H,(H,14,15). The summed E-state index contributed by atoms with van der Waals surface area (Å²) in [6.07, 6.45) is -1.07. The third kappa shape index (κ3) is 2.35. The summed E-state index contributed by atoms with van der Waals surface area (Å²) in [4.78, 5) is 11.5. The average Bonchev–Trinajstić information content (AvgIpc) is 2.65. The van der Waals surface area contributed by atoms with Gasteiger partial charge in [0.05, 0.1) is 10.6 Å². The van der Waals surface area contributed by atoms with Gasteiger partial charge in [0.25, 0.3) is 0 Å². The smallest absolute Gasteiger partial charge is 0.409 e. The molecule has 5 heteroatoms. The predicted molar refractivity (Wildman–Crippen MR) is 66.4 cm³/mol. The molecule has 0 aliphatic carbocycles. The monoisotopic (exact) mass is 253 g/mol. The first-order valence-electron chi connectivity index (χ1n) is 4.50. The lowest BCUT2D eigenvalue weighted by Crippen LogP contribution is -2.06. The first-order valence-corrected chi connectivity index (χ1v) is 5.76. The summed E-state index contributed by atoms with van der Waals surface area (Å²) in [5, 5.41) is 13.5. The minimum Gasteiger partial charge on any atom is -0.465 e. The van der Waals surface area contributed by atoms with E-state index in [1.54, 1.807) is 18.2 Å². The van der Waals surface area contributed by atoms with E-state index in [2.05, 4.69) is 5.32 Å². The largest absolute Gasteiger partial charge is 0.465 e. The zero-order valence-electron chi connectivity index (χ0n) is 8.11. The highest BCUT2D eigenvalue weighted by atomic mass is 35.5. The minimum atomic E-state index is -1.07. The van der Waals surface area contributed by atoms with Gasteiger partial charge in [0.1, 0.15) is 0 Å². The SMILES string of the molecule is O=C(O)Nc1ccsc1-c1cccc(Cl)c1. The van der Waals surface area contributed by atoms with Gasteiger partial charge in [-0.1, -0.05) is 23.7 Å². The molecule has 0 saturated heterocycles. The van der Waals surface area contributed by atoms with Crippen molar-refractivity contribution in [1.82, 2.24) is 0 Å². The van der Waals surface area contributed by atoms with E-state index in [4.69, 9.17) is 16.7 Å². The highest BCUT2D eigenvalue weighted by Crippen LogP contribution is 2.34. The average molecular weight is 254 g/mol. The molecule has 2 aromatic rings. The molecule has 1 aromatic carbocycles. The Hall–Kier alpha value is -1.52. The van der Waals surface area contributed by atoms with E-state index in [1.165, 1.54) is 11.3 Å². The zero-order chi connectivity index (χ0) is 11.5. The van der Waals surface area contributed by atoms with Crippen LogP contribution in [0.1, 0.15) is 0 Å². The van der Waals surface area contributed by atoms with Crippen LogP contribution < -0.4 is 5.32 Å². The molecular weight excluding hydrogens is 246 g/mol. The number of amides is 1. The van der Waals surface area contributed by atoms with E-state index < -0.39 is 6.09 Å². The third-order valence-corrected chi connectivity index (χ3v) is 3.19. The molecule has 0 saturated carbocycles. The molecule has 16 heavy (non-hydrogen) atoms. The maximum absolute atomic E-state index is 10.6. The molecule has 0 aliphatic rings. The Morgan fingerprint density at radius 2 is 2.19 bits per heavy atom. The topological polar surface area (TPSA) is 49.3 Å². The Kier molecular flexibility index (Phi) is 3.12. The third-order valence-electron chi connectivity index (χ3n) is 1.99.